The Kier molecular flexibility index (Phi) is 5.44. The lowest BCUT2D eigenvalue weighted by Crippen LogP contribution is -2.27. The average molecular weight is 304 g/mol. The van der Waals surface area contributed by atoms with Crippen LogP contribution in [0.3, 0.4) is 0 Å². The number of nitrogens with zero attached hydrogens (tertiary/aromatic N) is 1. The van der Waals surface area contributed by atoms with E-state index in [-0.39, 0.29) is 12.0 Å². The van der Waals surface area contributed by atoms with E-state index in [0.29, 0.717) is 23.4 Å². The number of hydrogen-bond donors (Lipinski definition) is 1. The summed E-state index contributed by atoms with van der Waals surface area (Å²) in [5, 5.41) is 3.82. The van der Waals surface area contributed by atoms with Gasteiger partial charge in [-0.25, -0.2) is 0 Å². The van der Waals surface area contributed by atoms with Gasteiger partial charge in [0.2, 0.25) is 0 Å². The molecule has 0 fully saturated rings. The zero-order valence-corrected chi connectivity index (χ0v) is 13.7. The Morgan fingerprint density at radius 2 is 2.14 bits per heavy atom. The smallest absolute Gasteiger partial charge is 0.251 e. The molecule has 0 aliphatic rings. The molecule has 0 unspecified atom stereocenters. The summed E-state index contributed by atoms with van der Waals surface area (Å²) in [6, 6.07) is 5.38. The highest BCUT2D eigenvalue weighted by Crippen LogP contribution is 2.29. The molecule has 1 heterocycles. The molecule has 2 rings (SSSR count). The largest absolute Gasteiger partial charge is 0.490 e. The SMILES string of the molecule is CC(C)Oc1cc(C(=O)NCCCN(C)C)cc2occc12. The molecule has 0 bridgehead atoms. The van der Waals surface area contributed by atoms with Crippen molar-refractivity contribution < 1.29 is 13.9 Å². The van der Waals surface area contributed by atoms with Crippen molar-refractivity contribution in [1.29, 1.82) is 0 Å². The molecule has 5 heteroatoms. The van der Waals surface area contributed by atoms with Gasteiger partial charge in [-0.1, -0.05) is 0 Å². The number of nitrogens with one attached hydrogen (secondary N) is 1. The van der Waals surface area contributed by atoms with Gasteiger partial charge in [-0.15, -0.1) is 0 Å². The minimum Gasteiger partial charge on any atom is -0.490 e. The standard InChI is InChI=1S/C17H24N2O3/c1-12(2)22-16-11-13(10-15-14(16)6-9-21-15)17(20)18-7-5-8-19(3)4/h6,9-12H,5,7-8H2,1-4H3,(H,18,20). The van der Waals surface area contributed by atoms with Gasteiger partial charge in [0.1, 0.15) is 11.3 Å². The van der Waals surface area contributed by atoms with Crippen molar-refractivity contribution in [3.8, 4) is 5.75 Å². The maximum absolute atomic E-state index is 12.3. The zero-order valence-electron chi connectivity index (χ0n) is 13.7. The van der Waals surface area contributed by atoms with Crippen LogP contribution in [0.5, 0.6) is 5.75 Å². The van der Waals surface area contributed by atoms with Crippen LogP contribution in [0.15, 0.2) is 28.9 Å². The Morgan fingerprint density at radius 3 is 2.82 bits per heavy atom. The third-order valence-electron chi connectivity index (χ3n) is 3.23. The highest BCUT2D eigenvalue weighted by molar-refractivity contribution is 5.99. The fourth-order valence-corrected chi connectivity index (χ4v) is 2.22. The van der Waals surface area contributed by atoms with E-state index in [0.717, 1.165) is 18.4 Å². The number of hydrogen-bond acceptors (Lipinski definition) is 4. The fraction of sp³-hybridized carbons (Fsp3) is 0.471. The van der Waals surface area contributed by atoms with Crippen LogP contribution in [-0.2, 0) is 0 Å². The van der Waals surface area contributed by atoms with Crippen LogP contribution in [0.2, 0.25) is 0 Å². The molecule has 0 spiro atoms. The van der Waals surface area contributed by atoms with E-state index in [2.05, 4.69) is 10.2 Å². The van der Waals surface area contributed by atoms with E-state index < -0.39 is 0 Å². The number of amides is 1. The van der Waals surface area contributed by atoms with Gasteiger partial charge in [0.05, 0.1) is 17.8 Å². The van der Waals surface area contributed by atoms with Gasteiger partial charge in [0.15, 0.2) is 0 Å². The van der Waals surface area contributed by atoms with Crippen LogP contribution in [0.4, 0.5) is 0 Å². The normalized spacial score (nSPS) is 11.4. The summed E-state index contributed by atoms with van der Waals surface area (Å²) in [5.41, 5.74) is 1.22. The van der Waals surface area contributed by atoms with E-state index in [1.165, 1.54) is 0 Å². The van der Waals surface area contributed by atoms with Crippen LogP contribution in [-0.4, -0.2) is 44.1 Å². The summed E-state index contributed by atoms with van der Waals surface area (Å²) in [6.45, 7) is 5.51. The summed E-state index contributed by atoms with van der Waals surface area (Å²) >= 11 is 0. The highest BCUT2D eigenvalue weighted by atomic mass is 16.5. The second kappa shape index (κ2) is 7.31. The Hall–Kier alpha value is -2.01. The Labute approximate surface area is 131 Å². The fourth-order valence-electron chi connectivity index (χ4n) is 2.22. The molecule has 2 aromatic rings. The van der Waals surface area contributed by atoms with Gasteiger partial charge < -0.3 is 19.4 Å². The molecular weight excluding hydrogens is 280 g/mol. The lowest BCUT2D eigenvalue weighted by atomic mass is 10.1. The molecule has 5 nitrogen and oxygen atoms in total. The van der Waals surface area contributed by atoms with Crippen LogP contribution < -0.4 is 10.1 Å². The van der Waals surface area contributed by atoms with Crippen molar-refractivity contribution in [2.45, 2.75) is 26.4 Å². The first kappa shape index (κ1) is 16.4. The lowest BCUT2D eigenvalue weighted by Gasteiger charge is -2.13. The van der Waals surface area contributed by atoms with Gasteiger partial charge in [-0.2, -0.15) is 0 Å². The predicted molar refractivity (Wildman–Crippen MR) is 87.5 cm³/mol. The van der Waals surface area contributed by atoms with Crippen molar-refractivity contribution in [2.75, 3.05) is 27.2 Å². The molecule has 1 aromatic carbocycles. The number of furan rings is 1. The minimum atomic E-state index is -0.106. The minimum absolute atomic E-state index is 0.0384. The molecule has 0 aliphatic heterocycles. The van der Waals surface area contributed by atoms with E-state index in [9.17, 15) is 4.79 Å². The summed E-state index contributed by atoms with van der Waals surface area (Å²) in [7, 11) is 4.03. The second-order valence-electron chi connectivity index (χ2n) is 5.89. The van der Waals surface area contributed by atoms with Gasteiger partial charge in [0, 0.05) is 12.1 Å². The summed E-state index contributed by atoms with van der Waals surface area (Å²) in [4.78, 5) is 14.4. The number of benzene rings is 1. The predicted octanol–water partition coefficient (Wildman–Crippen LogP) is 2.90. The first-order chi connectivity index (χ1) is 10.5. The third kappa shape index (κ3) is 4.24. The average Bonchev–Trinajstić information content (AvgIpc) is 2.91. The van der Waals surface area contributed by atoms with E-state index >= 15 is 0 Å². The summed E-state index contributed by atoms with van der Waals surface area (Å²) < 4.78 is 11.2. The number of rotatable bonds is 7. The lowest BCUT2D eigenvalue weighted by molar-refractivity contribution is 0.0951. The quantitative estimate of drug-likeness (QED) is 0.799. The monoisotopic (exact) mass is 304 g/mol. The number of carbonyl (C=O) groups is 1. The van der Waals surface area contributed by atoms with Crippen molar-refractivity contribution in [2.24, 2.45) is 0 Å². The zero-order chi connectivity index (χ0) is 16.1. The summed E-state index contributed by atoms with van der Waals surface area (Å²) in [5.74, 6) is 0.574. The van der Waals surface area contributed by atoms with Crippen molar-refractivity contribution in [1.82, 2.24) is 10.2 Å². The second-order valence-corrected chi connectivity index (χ2v) is 5.89. The number of fused-ring (bicyclic) bond motifs is 1. The maximum atomic E-state index is 12.3. The molecule has 0 atom stereocenters. The van der Waals surface area contributed by atoms with Crippen LogP contribution >= 0.6 is 0 Å². The Morgan fingerprint density at radius 1 is 1.36 bits per heavy atom. The molecule has 1 amide bonds. The van der Waals surface area contributed by atoms with E-state index in [1.807, 2.05) is 34.0 Å². The number of ether oxygens (including phenoxy) is 1. The molecule has 0 aliphatic carbocycles. The Bertz CT molecular complexity index is 632. The van der Waals surface area contributed by atoms with Crippen molar-refractivity contribution in [3.63, 3.8) is 0 Å². The molecule has 0 radical (unpaired) electrons. The van der Waals surface area contributed by atoms with E-state index in [4.69, 9.17) is 9.15 Å². The third-order valence-corrected chi connectivity index (χ3v) is 3.23. The maximum Gasteiger partial charge on any atom is 0.251 e. The Balaban J connectivity index is 2.11. The van der Waals surface area contributed by atoms with Crippen molar-refractivity contribution >= 4 is 16.9 Å². The van der Waals surface area contributed by atoms with E-state index in [1.54, 1.807) is 18.4 Å². The first-order valence-corrected chi connectivity index (χ1v) is 7.58. The van der Waals surface area contributed by atoms with Gasteiger partial charge in [0.25, 0.3) is 5.91 Å². The topological polar surface area (TPSA) is 54.7 Å². The molecular formula is C17H24N2O3. The van der Waals surface area contributed by atoms with Gasteiger partial charge >= 0.3 is 0 Å². The first-order valence-electron chi connectivity index (χ1n) is 7.58. The summed E-state index contributed by atoms with van der Waals surface area (Å²) in [6.07, 6.45) is 2.56. The molecule has 0 saturated carbocycles. The molecule has 1 aromatic heterocycles. The van der Waals surface area contributed by atoms with Gasteiger partial charge in [-0.3, -0.25) is 4.79 Å². The highest BCUT2D eigenvalue weighted by Gasteiger charge is 2.13. The van der Waals surface area contributed by atoms with Gasteiger partial charge in [-0.05, 0) is 59.1 Å². The van der Waals surface area contributed by atoms with Crippen LogP contribution in [0, 0.1) is 0 Å². The van der Waals surface area contributed by atoms with Crippen LogP contribution in [0.1, 0.15) is 30.6 Å². The van der Waals surface area contributed by atoms with Crippen molar-refractivity contribution in [3.05, 3.63) is 30.0 Å². The number of carbonyl (C=O) groups excluding carboxylic acids is 1. The molecule has 1 N–H and O–H groups in total. The van der Waals surface area contributed by atoms with Crippen LogP contribution in [0.25, 0.3) is 11.0 Å². The molecule has 22 heavy (non-hydrogen) atoms. The molecule has 0 saturated heterocycles. The molecule has 120 valence electrons.